The van der Waals surface area contributed by atoms with Gasteiger partial charge in [-0.3, -0.25) is 14.9 Å². The van der Waals surface area contributed by atoms with Gasteiger partial charge in [-0.2, -0.15) is 13.2 Å². The fourth-order valence-electron chi connectivity index (χ4n) is 2.82. The predicted molar refractivity (Wildman–Crippen MR) is 101 cm³/mol. The first-order valence-electron chi connectivity index (χ1n) is 8.35. The summed E-state index contributed by atoms with van der Waals surface area (Å²) in [5.41, 5.74) is 1.75. The molecule has 2 aromatic rings. The number of rotatable bonds is 2. The van der Waals surface area contributed by atoms with Crippen LogP contribution in [-0.4, -0.2) is 16.9 Å². The summed E-state index contributed by atoms with van der Waals surface area (Å²) < 4.78 is 43.3. The van der Waals surface area contributed by atoms with E-state index in [1.807, 2.05) is 18.2 Å². The van der Waals surface area contributed by atoms with Crippen LogP contribution in [0.25, 0.3) is 0 Å². The Morgan fingerprint density at radius 1 is 1.04 bits per heavy atom. The smallest absolute Gasteiger partial charge is 0.416 e. The molecule has 0 spiro atoms. The second-order valence-corrected chi connectivity index (χ2v) is 7.51. The highest BCUT2D eigenvalue weighted by molar-refractivity contribution is 8.14. The van der Waals surface area contributed by atoms with E-state index in [0.29, 0.717) is 11.5 Å². The second-order valence-electron chi connectivity index (χ2n) is 6.15. The van der Waals surface area contributed by atoms with Gasteiger partial charge in [-0.05, 0) is 60.7 Å². The van der Waals surface area contributed by atoms with Crippen molar-refractivity contribution < 1.29 is 27.5 Å². The van der Waals surface area contributed by atoms with E-state index in [0.717, 1.165) is 43.2 Å². The molecule has 0 bridgehead atoms. The Morgan fingerprint density at radius 3 is 2.36 bits per heavy atom. The van der Waals surface area contributed by atoms with E-state index < -0.39 is 11.7 Å². The van der Waals surface area contributed by atoms with E-state index >= 15 is 0 Å². The van der Waals surface area contributed by atoms with E-state index in [1.165, 1.54) is 17.2 Å². The number of benzene rings is 2. The lowest BCUT2D eigenvalue weighted by Crippen LogP contribution is -2.18. The van der Waals surface area contributed by atoms with Gasteiger partial charge in [-0.15, -0.1) is 0 Å². The Balaban J connectivity index is 0.000000271. The van der Waals surface area contributed by atoms with Crippen LogP contribution in [-0.2, 0) is 23.8 Å². The molecular formula is C19H15ClF3NO3S. The maximum atomic E-state index is 12.6. The van der Waals surface area contributed by atoms with Gasteiger partial charge < -0.3 is 4.74 Å². The Labute approximate surface area is 168 Å². The van der Waals surface area contributed by atoms with E-state index in [9.17, 15) is 22.8 Å². The molecule has 1 fully saturated rings. The Hall–Kier alpha value is -2.19. The van der Waals surface area contributed by atoms with Crippen LogP contribution in [0.5, 0.6) is 11.5 Å². The van der Waals surface area contributed by atoms with E-state index in [-0.39, 0.29) is 21.9 Å². The van der Waals surface area contributed by atoms with Gasteiger partial charge in [0.05, 0.1) is 16.3 Å². The molecule has 1 aliphatic carbocycles. The number of fused-ring (bicyclic) bond motifs is 1. The molecule has 0 saturated carbocycles. The number of nitrogens with one attached hydrogen (secondary N) is 1. The molecule has 0 atom stereocenters. The standard InChI is InChI=1S/C16H12ClF3O.C3H3NO2S/c17-14-9-12(16(18,19)20)5-7-15(14)21-13-6-4-10-2-1-3-11(10)8-13;5-2-1-7-3(6)4-2/h4-9H,1-3H2;1H2,(H,4,5,6). The van der Waals surface area contributed by atoms with Crippen molar-refractivity contribution in [2.24, 2.45) is 0 Å². The van der Waals surface area contributed by atoms with E-state index in [4.69, 9.17) is 16.3 Å². The van der Waals surface area contributed by atoms with Crippen LogP contribution in [0.4, 0.5) is 18.0 Å². The Morgan fingerprint density at radius 2 is 1.79 bits per heavy atom. The average Bonchev–Trinajstić information content (AvgIpc) is 3.24. The molecule has 0 radical (unpaired) electrons. The SMILES string of the molecule is FC(F)(F)c1ccc(Oc2ccc3c(c2)CCC3)c(Cl)c1.O=C1CSC(=O)N1. The zero-order valence-electron chi connectivity index (χ0n) is 14.4. The average molecular weight is 430 g/mol. The number of halogens is 4. The lowest BCUT2D eigenvalue weighted by Gasteiger charge is -2.12. The van der Waals surface area contributed by atoms with E-state index in [2.05, 4.69) is 5.32 Å². The van der Waals surface area contributed by atoms with Crippen LogP contribution < -0.4 is 10.1 Å². The molecule has 2 aliphatic rings. The fraction of sp³-hybridized carbons (Fsp3) is 0.263. The van der Waals surface area contributed by atoms with Gasteiger partial charge in [0.25, 0.3) is 5.24 Å². The number of thioether (sulfide) groups is 1. The Kier molecular flexibility index (Phi) is 6.20. The minimum Gasteiger partial charge on any atom is -0.456 e. The predicted octanol–water partition coefficient (Wildman–Crippen LogP) is 5.61. The highest BCUT2D eigenvalue weighted by atomic mass is 35.5. The van der Waals surface area contributed by atoms with Gasteiger partial charge in [0.2, 0.25) is 5.91 Å². The molecule has 1 heterocycles. The molecule has 2 aromatic carbocycles. The maximum absolute atomic E-state index is 12.6. The summed E-state index contributed by atoms with van der Waals surface area (Å²) in [4.78, 5) is 20.2. The fourth-order valence-corrected chi connectivity index (χ4v) is 3.56. The summed E-state index contributed by atoms with van der Waals surface area (Å²) in [6, 6.07) is 8.83. The molecule has 4 rings (SSSR count). The summed E-state index contributed by atoms with van der Waals surface area (Å²) >= 11 is 6.88. The molecule has 148 valence electrons. The van der Waals surface area contributed by atoms with Gasteiger partial charge in [0.15, 0.2) is 0 Å². The third-order valence-electron chi connectivity index (χ3n) is 4.13. The van der Waals surface area contributed by atoms with Crippen LogP contribution in [0.2, 0.25) is 5.02 Å². The number of alkyl halides is 3. The number of ether oxygens (including phenoxy) is 1. The third kappa shape index (κ3) is 5.20. The summed E-state index contributed by atoms with van der Waals surface area (Å²) in [6.45, 7) is 0. The third-order valence-corrected chi connectivity index (χ3v) is 5.20. The van der Waals surface area contributed by atoms with Crippen molar-refractivity contribution in [1.29, 1.82) is 0 Å². The summed E-state index contributed by atoms with van der Waals surface area (Å²) in [5, 5.41) is 1.82. The molecule has 4 nitrogen and oxygen atoms in total. The van der Waals surface area contributed by atoms with Crippen molar-refractivity contribution in [3.63, 3.8) is 0 Å². The zero-order chi connectivity index (χ0) is 20.3. The number of hydrogen-bond donors (Lipinski definition) is 1. The molecule has 0 unspecified atom stereocenters. The number of aryl methyl sites for hydroxylation is 2. The van der Waals surface area contributed by atoms with Crippen molar-refractivity contribution in [1.82, 2.24) is 5.32 Å². The topological polar surface area (TPSA) is 55.4 Å². The number of amides is 2. The summed E-state index contributed by atoms with van der Waals surface area (Å²) in [7, 11) is 0. The first-order chi connectivity index (χ1) is 13.2. The zero-order valence-corrected chi connectivity index (χ0v) is 16.0. The highest BCUT2D eigenvalue weighted by Gasteiger charge is 2.31. The van der Waals surface area contributed by atoms with Crippen molar-refractivity contribution in [2.75, 3.05) is 5.75 Å². The first-order valence-corrected chi connectivity index (χ1v) is 9.72. The molecule has 1 saturated heterocycles. The normalized spacial score (nSPS) is 15.6. The second kappa shape index (κ2) is 8.45. The van der Waals surface area contributed by atoms with Gasteiger partial charge in [0, 0.05) is 0 Å². The summed E-state index contributed by atoms with van der Waals surface area (Å²) in [5.74, 6) is 0.925. The van der Waals surface area contributed by atoms with Crippen LogP contribution in [0.15, 0.2) is 36.4 Å². The number of carbonyl (C=O) groups is 2. The van der Waals surface area contributed by atoms with Gasteiger partial charge in [0.1, 0.15) is 11.5 Å². The van der Waals surface area contributed by atoms with Crippen molar-refractivity contribution in [3.05, 3.63) is 58.1 Å². The molecule has 1 N–H and O–H groups in total. The van der Waals surface area contributed by atoms with Crippen LogP contribution in [0.1, 0.15) is 23.1 Å². The minimum absolute atomic E-state index is 0.0506. The molecule has 28 heavy (non-hydrogen) atoms. The van der Waals surface area contributed by atoms with Crippen LogP contribution in [0, 0.1) is 0 Å². The first kappa shape index (κ1) is 20.5. The van der Waals surface area contributed by atoms with Crippen LogP contribution in [0.3, 0.4) is 0 Å². The maximum Gasteiger partial charge on any atom is 0.416 e. The Bertz CT molecular complexity index is 904. The summed E-state index contributed by atoms with van der Waals surface area (Å²) in [6.07, 6.45) is -1.21. The number of carbonyl (C=O) groups excluding carboxylic acids is 2. The van der Waals surface area contributed by atoms with Crippen LogP contribution >= 0.6 is 23.4 Å². The van der Waals surface area contributed by atoms with Gasteiger partial charge in [-0.1, -0.05) is 29.4 Å². The minimum atomic E-state index is -4.41. The van der Waals surface area contributed by atoms with E-state index in [1.54, 1.807) is 0 Å². The molecule has 0 aromatic heterocycles. The largest absolute Gasteiger partial charge is 0.456 e. The molecular weight excluding hydrogens is 415 g/mol. The molecule has 9 heteroatoms. The van der Waals surface area contributed by atoms with Crippen molar-refractivity contribution >= 4 is 34.5 Å². The quantitative estimate of drug-likeness (QED) is 0.674. The van der Waals surface area contributed by atoms with Crippen molar-refractivity contribution in [3.8, 4) is 11.5 Å². The van der Waals surface area contributed by atoms with Gasteiger partial charge >= 0.3 is 6.18 Å². The molecule has 1 aliphatic heterocycles. The number of hydrogen-bond acceptors (Lipinski definition) is 4. The molecule has 2 amide bonds. The van der Waals surface area contributed by atoms with Crippen molar-refractivity contribution in [2.45, 2.75) is 25.4 Å². The highest BCUT2D eigenvalue weighted by Crippen LogP contribution is 2.37. The monoisotopic (exact) mass is 429 g/mol. The lowest BCUT2D eigenvalue weighted by molar-refractivity contribution is -0.137. The van der Waals surface area contributed by atoms with Gasteiger partial charge in [-0.25, -0.2) is 0 Å². The lowest BCUT2D eigenvalue weighted by atomic mass is 10.1. The number of imide groups is 1.